The third kappa shape index (κ3) is 3.38. The van der Waals surface area contributed by atoms with Crippen LogP contribution in [0.25, 0.3) is 0 Å². The maximum absolute atomic E-state index is 11.6. The summed E-state index contributed by atoms with van der Waals surface area (Å²) in [4.78, 5) is 13.6. The summed E-state index contributed by atoms with van der Waals surface area (Å²) < 4.78 is 0. The van der Waals surface area contributed by atoms with Gasteiger partial charge in [0.25, 0.3) is 0 Å². The molecule has 0 radical (unpaired) electrons. The van der Waals surface area contributed by atoms with Gasteiger partial charge in [-0.25, -0.2) is 0 Å². The second kappa shape index (κ2) is 6.75. The molecule has 0 saturated carbocycles. The molecule has 2 aromatic rings. The molecule has 104 valence electrons. The summed E-state index contributed by atoms with van der Waals surface area (Å²) in [7, 11) is 0. The van der Waals surface area contributed by atoms with Gasteiger partial charge in [-0.1, -0.05) is 48.5 Å². The maximum atomic E-state index is 11.6. The van der Waals surface area contributed by atoms with Gasteiger partial charge in [-0.2, -0.15) is 0 Å². The number of carboxylic acids is 1. The summed E-state index contributed by atoms with van der Waals surface area (Å²) >= 11 is 0. The van der Waals surface area contributed by atoms with Crippen molar-refractivity contribution in [2.75, 3.05) is 18.0 Å². The molecule has 1 atom stereocenters. The summed E-state index contributed by atoms with van der Waals surface area (Å²) in [6, 6.07) is 19.3. The number of rotatable bonds is 6. The van der Waals surface area contributed by atoms with Crippen LogP contribution < -0.4 is 4.90 Å². The molecule has 2 rings (SSSR count). The summed E-state index contributed by atoms with van der Waals surface area (Å²) in [5, 5.41) is 9.49. The minimum Gasteiger partial charge on any atom is -0.481 e. The fourth-order valence-electron chi connectivity index (χ4n) is 2.29. The lowest BCUT2D eigenvalue weighted by Crippen LogP contribution is -2.31. The summed E-state index contributed by atoms with van der Waals surface area (Å²) in [6.45, 7) is 3.29. The molecule has 0 heterocycles. The van der Waals surface area contributed by atoms with Crippen LogP contribution in [0.15, 0.2) is 60.7 Å². The van der Waals surface area contributed by atoms with Gasteiger partial charge in [0.05, 0.1) is 5.92 Å². The predicted molar refractivity (Wildman–Crippen MR) is 81.1 cm³/mol. The molecule has 0 aliphatic rings. The fraction of sp³-hybridized carbons (Fsp3) is 0.235. The largest absolute Gasteiger partial charge is 0.481 e. The van der Waals surface area contributed by atoms with E-state index in [4.69, 9.17) is 0 Å². The zero-order chi connectivity index (χ0) is 14.4. The van der Waals surface area contributed by atoms with Gasteiger partial charge in [-0.3, -0.25) is 4.79 Å². The molecular formula is C17H19NO2. The van der Waals surface area contributed by atoms with Gasteiger partial charge in [-0.15, -0.1) is 0 Å². The Morgan fingerprint density at radius 2 is 1.60 bits per heavy atom. The number of benzene rings is 2. The monoisotopic (exact) mass is 269 g/mol. The summed E-state index contributed by atoms with van der Waals surface area (Å²) in [5.74, 6) is -1.30. The Balaban J connectivity index is 2.21. The van der Waals surface area contributed by atoms with E-state index in [-0.39, 0.29) is 0 Å². The Kier molecular flexibility index (Phi) is 4.77. The predicted octanol–water partition coefficient (Wildman–Crippen LogP) is 3.38. The molecule has 20 heavy (non-hydrogen) atoms. The lowest BCUT2D eigenvalue weighted by Gasteiger charge is -2.26. The van der Waals surface area contributed by atoms with Gasteiger partial charge >= 0.3 is 5.97 Å². The molecule has 0 aliphatic carbocycles. The Morgan fingerprint density at radius 3 is 2.10 bits per heavy atom. The third-order valence-corrected chi connectivity index (χ3v) is 3.41. The zero-order valence-corrected chi connectivity index (χ0v) is 11.6. The van der Waals surface area contributed by atoms with Crippen LogP contribution in [-0.2, 0) is 4.79 Å². The van der Waals surface area contributed by atoms with Crippen molar-refractivity contribution in [2.24, 2.45) is 0 Å². The highest BCUT2D eigenvalue weighted by Gasteiger charge is 2.22. The highest BCUT2D eigenvalue weighted by molar-refractivity contribution is 5.77. The van der Waals surface area contributed by atoms with E-state index in [2.05, 4.69) is 4.90 Å². The Bertz CT molecular complexity index is 539. The number of carbonyl (C=O) groups is 1. The quantitative estimate of drug-likeness (QED) is 0.874. The molecule has 1 N–H and O–H groups in total. The van der Waals surface area contributed by atoms with Gasteiger partial charge in [0, 0.05) is 18.8 Å². The lowest BCUT2D eigenvalue weighted by molar-refractivity contribution is -0.138. The van der Waals surface area contributed by atoms with E-state index in [0.29, 0.717) is 6.54 Å². The first kappa shape index (κ1) is 14.1. The van der Waals surface area contributed by atoms with Crippen LogP contribution in [0.3, 0.4) is 0 Å². The first-order valence-corrected chi connectivity index (χ1v) is 6.80. The minimum absolute atomic E-state index is 0.472. The summed E-state index contributed by atoms with van der Waals surface area (Å²) in [5.41, 5.74) is 1.89. The third-order valence-electron chi connectivity index (χ3n) is 3.41. The van der Waals surface area contributed by atoms with Crippen LogP contribution in [0.2, 0.25) is 0 Å². The van der Waals surface area contributed by atoms with Crippen molar-refractivity contribution >= 4 is 11.7 Å². The van der Waals surface area contributed by atoms with Crippen molar-refractivity contribution in [1.82, 2.24) is 0 Å². The molecule has 0 saturated heterocycles. The molecular weight excluding hydrogens is 250 g/mol. The minimum atomic E-state index is -0.786. The number of para-hydroxylation sites is 1. The number of hydrogen-bond donors (Lipinski definition) is 1. The van der Waals surface area contributed by atoms with Crippen LogP contribution in [0.4, 0.5) is 5.69 Å². The molecule has 1 unspecified atom stereocenters. The van der Waals surface area contributed by atoms with Crippen molar-refractivity contribution < 1.29 is 9.90 Å². The maximum Gasteiger partial charge on any atom is 0.312 e. The first-order valence-electron chi connectivity index (χ1n) is 6.80. The van der Waals surface area contributed by atoms with Gasteiger partial charge in [0.2, 0.25) is 0 Å². The van der Waals surface area contributed by atoms with Crippen LogP contribution in [0.5, 0.6) is 0 Å². The normalized spacial score (nSPS) is 11.8. The van der Waals surface area contributed by atoms with E-state index in [1.54, 1.807) is 0 Å². The molecule has 0 bridgehead atoms. The molecule has 0 amide bonds. The van der Waals surface area contributed by atoms with E-state index < -0.39 is 11.9 Å². The molecule has 3 nitrogen and oxygen atoms in total. The number of hydrogen-bond acceptors (Lipinski definition) is 2. The standard InChI is InChI=1S/C17H19NO2/c1-2-18(15-11-7-4-8-12-15)13-16(17(19)20)14-9-5-3-6-10-14/h3-12,16H,2,13H2,1H3,(H,19,20). The van der Waals surface area contributed by atoms with E-state index in [0.717, 1.165) is 17.8 Å². The molecule has 0 aliphatic heterocycles. The van der Waals surface area contributed by atoms with Gasteiger partial charge < -0.3 is 10.0 Å². The molecule has 3 heteroatoms. The SMILES string of the molecule is CCN(CC(C(=O)O)c1ccccc1)c1ccccc1. The topological polar surface area (TPSA) is 40.5 Å². The molecule has 2 aromatic carbocycles. The Labute approximate surface area is 119 Å². The second-order valence-corrected chi connectivity index (χ2v) is 4.68. The van der Waals surface area contributed by atoms with Crippen molar-refractivity contribution in [2.45, 2.75) is 12.8 Å². The smallest absolute Gasteiger partial charge is 0.312 e. The molecule has 0 aromatic heterocycles. The molecule has 0 fully saturated rings. The Hall–Kier alpha value is -2.29. The number of anilines is 1. The number of likely N-dealkylation sites (N-methyl/N-ethyl adjacent to an activating group) is 1. The van der Waals surface area contributed by atoms with E-state index in [1.165, 1.54) is 0 Å². The number of aliphatic carboxylic acids is 1. The average Bonchev–Trinajstić information content (AvgIpc) is 2.50. The highest BCUT2D eigenvalue weighted by atomic mass is 16.4. The first-order chi connectivity index (χ1) is 9.72. The summed E-state index contributed by atoms with van der Waals surface area (Å²) in [6.07, 6.45) is 0. The average molecular weight is 269 g/mol. The zero-order valence-electron chi connectivity index (χ0n) is 11.6. The van der Waals surface area contributed by atoms with E-state index in [1.807, 2.05) is 67.6 Å². The lowest BCUT2D eigenvalue weighted by atomic mass is 9.98. The fourth-order valence-corrected chi connectivity index (χ4v) is 2.29. The van der Waals surface area contributed by atoms with Gasteiger partial charge in [0.15, 0.2) is 0 Å². The van der Waals surface area contributed by atoms with Crippen LogP contribution >= 0.6 is 0 Å². The van der Waals surface area contributed by atoms with Crippen LogP contribution in [-0.4, -0.2) is 24.2 Å². The van der Waals surface area contributed by atoms with Crippen molar-refractivity contribution in [3.8, 4) is 0 Å². The van der Waals surface area contributed by atoms with Crippen LogP contribution in [0, 0.1) is 0 Å². The van der Waals surface area contributed by atoms with E-state index in [9.17, 15) is 9.90 Å². The highest BCUT2D eigenvalue weighted by Crippen LogP contribution is 2.21. The van der Waals surface area contributed by atoms with Crippen molar-refractivity contribution in [3.05, 3.63) is 66.2 Å². The van der Waals surface area contributed by atoms with Gasteiger partial charge in [0.1, 0.15) is 0 Å². The van der Waals surface area contributed by atoms with E-state index >= 15 is 0 Å². The second-order valence-electron chi connectivity index (χ2n) is 4.68. The van der Waals surface area contributed by atoms with Crippen molar-refractivity contribution in [1.29, 1.82) is 0 Å². The molecule has 0 spiro atoms. The Morgan fingerprint density at radius 1 is 1.05 bits per heavy atom. The van der Waals surface area contributed by atoms with Crippen LogP contribution in [0.1, 0.15) is 18.4 Å². The van der Waals surface area contributed by atoms with Crippen molar-refractivity contribution in [3.63, 3.8) is 0 Å². The number of nitrogens with zero attached hydrogens (tertiary/aromatic N) is 1. The van der Waals surface area contributed by atoms with Gasteiger partial charge in [-0.05, 0) is 24.6 Å². The number of carboxylic acid groups (broad SMARTS) is 1.